The second-order valence-electron chi connectivity index (χ2n) is 9.58. The van der Waals surface area contributed by atoms with Crippen LogP contribution in [0.4, 0.5) is 0 Å². The molecule has 2 aliphatic rings. The van der Waals surface area contributed by atoms with Gasteiger partial charge in [-0.3, -0.25) is 4.79 Å². The number of aliphatic hydroxyl groups excluding tert-OH is 1. The van der Waals surface area contributed by atoms with Gasteiger partial charge in [0.25, 0.3) is 0 Å². The summed E-state index contributed by atoms with van der Waals surface area (Å²) in [6.07, 6.45) is 8.48. The van der Waals surface area contributed by atoms with Crippen LogP contribution >= 0.6 is 23.5 Å². The monoisotopic (exact) mass is 532 g/mol. The predicted molar refractivity (Wildman–Crippen MR) is 160 cm³/mol. The van der Waals surface area contributed by atoms with E-state index in [9.17, 15) is 4.79 Å². The molecule has 0 spiro atoms. The molecule has 0 radical (unpaired) electrons. The fourth-order valence-electron chi connectivity index (χ4n) is 4.73. The van der Waals surface area contributed by atoms with Crippen molar-refractivity contribution in [2.75, 3.05) is 13.4 Å². The summed E-state index contributed by atoms with van der Waals surface area (Å²) in [7, 11) is 1.00. The third kappa shape index (κ3) is 15.9. The molecule has 1 aromatic carbocycles. The van der Waals surface area contributed by atoms with Crippen molar-refractivity contribution in [3.8, 4) is 0 Å². The lowest BCUT2D eigenvalue weighted by atomic mass is 9.63. The Hall–Kier alpha value is -0.750. The SMILES string of the molecule is C.CC.CCC.CO.CSNC(C)(C)C(=O)NC1C(C)CC2CC(C)CC1C2.Clc1ccccc1. The number of halogens is 1. The number of rotatable bonds is 4. The van der Waals surface area contributed by atoms with E-state index in [2.05, 4.69) is 37.7 Å². The van der Waals surface area contributed by atoms with E-state index in [1.165, 1.54) is 44.1 Å². The molecule has 5 atom stereocenters. The molecule has 1 amide bonds. The van der Waals surface area contributed by atoms with E-state index in [1.807, 2.05) is 64.3 Å². The summed E-state index contributed by atoms with van der Waals surface area (Å²) in [5.41, 5.74) is -0.504. The Bertz CT molecular complexity index is 612. The molecule has 35 heavy (non-hydrogen) atoms. The van der Waals surface area contributed by atoms with Crippen LogP contribution in [0.25, 0.3) is 0 Å². The number of fused-ring (bicyclic) bond motifs is 2. The molecule has 6 heteroatoms. The third-order valence-electron chi connectivity index (χ3n) is 5.86. The predicted octanol–water partition coefficient (Wildman–Crippen LogP) is 8.24. The van der Waals surface area contributed by atoms with E-state index in [0.717, 1.165) is 24.0 Å². The summed E-state index contributed by atoms with van der Waals surface area (Å²) in [5.74, 6) is 3.15. The molecule has 0 aromatic heterocycles. The Morgan fingerprint density at radius 3 is 2.00 bits per heavy atom. The van der Waals surface area contributed by atoms with Crippen LogP contribution in [0.3, 0.4) is 0 Å². The van der Waals surface area contributed by atoms with Gasteiger partial charge < -0.3 is 10.4 Å². The van der Waals surface area contributed by atoms with Crippen molar-refractivity contribution in [2.24, 2.45) is 23.7 Å². The molecular formula is C29H57ClN2O2S. The first-order chi connectivity index (χ1) is 16.1. The maximum atomic E-state index is 12.5. The maximum Gasteiger partial charge on any atom is 0.240 e. The zero-order valence-electron chi connectivity index (χ0n) is 23.5. The molecule has 2 aliphatic carbocycles. The quantitative estimate of drug-likeness (QED) is 0.341. The van der Waals surface area contributed by atoms with Gasteiger partial charge in [0.05, 0.1) is 0 Å². The molecule has 0 heterocycles. The molecule has 208 valence electrons. The smallest absolute Gasteiger partial charge is 0.240 e. The summed E-state index contributed by atoms with van der Waals surface area (Å²) in [5, 5.41) is 11.1. The van der Waals surface area contributed by atoms with Crippen molar-refractivity contribution in [3.63, 3.8) is 0 Å². The molecule has 2 bridgehead atoms. The maximum absolute atomic E-state index is 12.5. The first-order valence-electron chi connectivity index (χ1n) is 12.9. The largest absolute Gasteiger partial charge is 0.400 e. The molecule has 0 saturated heterocycles. The molecule has 0 aliphatic heterocycles. The van der Waals surface area contributed by atoms with Gasteiger partial charge in [0.15, 0.2) is 0 Å². The Balaban J connectivity index is -0.000000567. The Labute approximate surface area is 227 Å². The highest BCUT2D eigenvalue weighted by molar-refractivity contribution is 7.96. The van der Waals surface area contributed by atoms with Crippen molar-refractivity contribution in [1.82, 2.24) is 10.0 Å². The highest BCUT2D eigenvalue weighted by Gasteiger charge is 2.42. The summed E-state index contributed by atoms with van der Waals surface area (Å²) in [4.78, 5) is 12.5. The molecule has 1 aromatic rings. The van der Waals surface area contributed by atoms with E-state index in [1.54, 1.807) is 0 Å². The number of benzene rings is 1. The first kappa shape index (κ1) is 38.8. The van der Waals surface area contributed by atoms with E-state index < -0.39 is 5.54 Å². The topological polar surface area (TPSA) is 61.4 Å². The van der Waals surface area contributed by atoms with Crippen LogP contribution in [0, 0.1) is 23.7 Å². The summed E-state index contributed by atoms with van der Waals surface area (Å²) >= 11 is 7.05. The van der Waals surface area contributed by atoms with Crippen LogP contribution in [0.5, 0.6) is 0 Å². The zero-order valence-corrected chi connectivity index (χ0v) is 25.0. The van der Waals surface area contributed by atoms with Gasteiger partial charge in [-0.15, -0.1) is 0 Å². The van der Waals surface area contributed by atoms with Crippen molar-refractivity contribution < 1.29 is 9.90 Å². The fraction of sp³-hybridized carbons (Fsp3) is 0.759. The normalized spacial score (nSPS) is 24.1. The number of carbonyl (C=O) groups excluding carboxylic acids is 1. The van der Waals surface area contributed by atoms with Gasteiger partial charge in [-0.05, 0) is 81.6 Å². The number of nitrogens with one attached hydrogen (secondary N) is 2. The summed E-state index contributed by atoms with van der Waals surface area (Å²) in [6, 6.07) is 9.81. The van der Waals surface area contributed by atoms with Crippen LogP contribution in [0.2, 0.25) is 5.02 Å². The minimum atomic E-state index is -0.504. The van der Waals surface area contributed by atoms with E-state index in [-0.39, 0.29) is 13.3 Å². The van der Waals surface area contributed by atoms with Gasteiger partial charge in [-0.25, -0.2) is 4.72 Å². The van der Waals surface area contributed by atoms with E-state index in [0.29, 0.717) is 17.9 Å². The lowest BCUT2D eigenvalue weighted by Gasteiger charge is -2.47. The fourth-order valence-corrected chi connectivity index (χ4v) is 5.48. The van der Waals surface area contributed by atoms with Crippen molar-refractivity contribution in [3.05, 3.63) is 35.4 Å². The zero-order chi connectivity index (χ0) is 26.7. The highest BCUT2D eigenvalue weighted by atomic mass is 35.5. The van der Waals surface area contributed by atoms with Crippen molar-refractivity contribution in [1.29, 1.82) is 0 Å². The highest BCUT2D eigenvalue weighted by Crippen LogP contribution is 2.44. The van der Waals surface area contributed by atoms with Crippen LogP contribution in [0.15, 0.2) is 30.3 Å². The molecule has 4 nitrogen and oxygen atoms in total. The van der Waals surface area contributed by atoms with Crippen LogP contribution < -0.4 is 10.0 Å². The third-order valence-corrected chi connectivity index (χ3v) is 6.83. The second-order valence-corrected chi connectivity index (χ2v) is 10.6. The van der Waals surface area contributed by atoms with Gasteiger partial charge in [0.1, 0.15) is 5.54 Å². The number of aliphatic hydroxyl groups is 1. The molecular weight excluding hydrogens is 476 g/mol. The molecule has 5 unspecified atom stereocenters. The first-order valence-corrected chi connectivity index (χ1v) is 14.5. The average molecular weight is 533 g/mol. The van der Waals surface area contributed by atoms with Crippen LogP contribution in [-0.2, 0) is 4.79 Å². The Morgan fingerprint density at radius 2 is 1.57 bits per heavy atom. The van der Waals surface area contributed by atoms with Crippen LogP contribution in [-0.4, -0.2) is 36.0 Å². The standard InChI is InChI=1S/C16H30N2OS.C6H5Cl.C3H8.C2H6.CH4O.CH4/c1-10-6-12-8-11(2)14(13(7-10)9-12)17-15(19)16(3,4)18-20-5;7-6-4-2-1-3-5-6;1-3-2;2*1-2;/h10-14,18H,6-9H2,1-5H3,(H,17,19);1-5H;3H2,1-2H3;1-2H3;2H,1H3;1H4. The number of carbonyl (C=O) groups is 1. The lowest BCUT2D eigenvalue weighted by Crippen LogP contribution is -2.58. The summed E-state index contributed by atoms with van der Waals surface area (Å²) < 4.78 is 3.20. The lowest BCUT2D eigenvalue weighted by molar-refractivity contribution is -0.128. The Morgan fingerprint density at radius 1 is 1.06 bits per heavy atom. The molecule has 3 N–H and O–H groups in total. The van der Waals surface area contributed by atoms with Crippen molar-refractivity contribution >= 4 is 29.5 Å². The second kappa shape index (κ2) is 22.4. The molecule has 2 saturated carbocycles. The van der Waals surface area contributed by atoms with Gasteiger partial charge in [0.2, 0.25) is 5.91 Å². The number of hydrogen-bond donors (Lipinski definition) is 3. The van der Waals surface area contributed by atoms with Gasteiger partial charge in [-0.2, -0.15) is 0 Å². The average Bonchev–Trinajstić information content (AvgIpc) is 2.80. The number of hydrogen-bond acceptors (Lipinski definition) is 4. The molecule has 2 fully saturated rings. The number of amides is 1. The minimum Gasteiger partial charge on any atom is -0.400 e. The van der Waals surface area contributed by atoms with Gasteiger partial charge >= 0.3 is 0 Å². The minimum absolute atomic E-state index is 0. The summed E-state index contributed by atoms with van der Waals surface area (Å²) in [6.45, 7) is 16.8. The molecule has 3 rings (SSSR count). The van der Waals surface area contributed by atoms with E-state index >= 15 is 0 Å². The van der Waals surface area contributed by atoms with Gasteiger partial charge in [0, 0.05) is 18.2 Å². The van der Waals surface area contributed by atoms with E-state index in [4.69, 9.17) is 16.7 Å². The van der Waals surface area contributed by atoms with Crippen molar-refractivity contribution in [2.45, 2.75) is 107 Å². The van der Waals surface area contributed by atoms with Gasteiger partial charge in [-0.1, -0.05) is 97.1 Å². The van der Waals surface area contributed by atoms with Crippen LogP contribution in [0.1, 0.15) is 94.9 Å². The Kier molecular flexibility index (Phi) is 24.9.